The molecule has 0 N–H and O–H groups in total. The summed E-state index contributed by atoms with van der Waals surface area (Å²) in [5, 5.41) is 0. The zero-order valence-corrected chi connectivity index (χ0v) is 16.2. The van der Waals surface area contributed by atoms with Crippen LogP contribution in [0, 0.1) is 0 Å². The number of methoxy groups -OCH3 is 2. The van der Waals surface area contributed by atoms with Gasteiger partial charge >= 0.3 is 11.9 Å². The Bertz CT molecular complexity index is 858. The number of carbonyl (C=O) groups excluding carboxylic acids is 2. The van der Waals surface area contributed by atoms with Gasteiger partial charge in [0.2, 0.25) is 0 Å². The van der Waals surface area contributed by atoms with Crippen molar-refractivity contribution in [3.63, 3.8) is 0 Å². The summed E-state index contributed by atoms with van der Waals surface area (Å²) in [6.07, 6.45) is 1.09. The van der Waals surface area contributed by atoms with Gasteiger partial charge in [0.1, 0.15) is 0 Å². The van der Waals surface area contributed by atoms with E-state index in [1.165, 1.54) is 14.2 Å². The minimum absolute atomic E-state index is 0.208. The van der Waals surface area contributed by atoms with Gasteiger partial charge in [-0.2, -0.15) is 0 Å². The number of fused-ring (bicyclic) bond motifs is 3. The van der Waals surface area contributed by atoms with Crippen LogP contribution in [-0.2, 0) is 45.0 Å². The lowest BCUT2D eigenvalue weighted by Gasteiger charge is -2.15. The molecule has 2 aromatic carbocycles. The topological polar surface area (TPSA) is 71.1 Å². The third-order valence-corrected chi connectivity index (χ3v) is 4.76. The van der Waals surface area contributed by atoms with Gasteiger partial charge in [-0.1, -0.05) is 30.3 Å². The van der Waals surface area contributed by atoms with Crippen LogP contribution in [0.3, 0.4) is 0 Å². The predicted octanol–water partition coefficient (Wildman–Crippen LogP) is 3.09. The van der Waals surface area contributed by atoms with Crippen LogP contribution >= 0.6 is 0 Å². The minimum Gasteiger partial charge on any atom is -0.465 e. The van der Waals surface area contributed by atoms with Gasteiger partial charge in [-0.05, 0) is 41.2 Å². The van der Waals surface area contributed by atoms with Crippen LogP contribution in [-0.4, -0.2) is 39.4 Å². The normalized spacial score (nSPS) is 14.6. The second-order valence-electron chi connectivity index (χ2n) is 6.53. The molecule has 28 heavy (non-hydrogen) atoms. The second kappa shape index (κ2) is 9.48. The minimum atomic E-state index is -0.568. The molecule has 0 radical (unpaired) electrons. The fourth-order valence-electron chi connectivity index (χ4n) is 3.30. The number of benzene rings is 2. The molecule has 0 unspecified atom stereocenters. The molecule has 1 heterocycles. The second-order valence-corrected chi connectivity index (χ2v) is 6.53. The van der Waals surface area contributed by atoms with Gasteiger partial charge in [0.25, 0.3) is 0 Å². The lowest BCUT2D eigenvalue weighted by Crippen LogP contribution is -2.17. The number of hydrogen-bond acceptors (Lipinski definition) is 6. The Labute approximate surface area is 164 Å². The molecule has 2 bridgehead atoms. The summed E-state index contributed by atoms with van der Waals surface area (Å²) >= 11 is 0. The molecule has 0 amide bonds. The SMILES string of the molecule is COC(=O)c1cc2cc(c1C(=O)OC)CCOCc1ccccc1COCC2. The monoisotopic (exact) mass is 384 g/mol. The molecule has 6 nitrogen and oxygen atoms in total. The molecule has 1 aliphatic rings. The average molecular weight is 384 g/mol. The van der Waals surface area contributed by atoms with Crippen LogP contribution in [0.1, 0.15) is 43.0 Å². The van der Waals surface area contributed by atoms with Crippen molar-refractivity contribution in [2.45, 2.75) is 26.1 Å². The number of carbonyl (C=O) groups is 2. The zero-order chi connectivity index (χ0) is 19.9. The van der Waals surface area contributed by atoms with Gasteiger partial charge in [0.15, 0.2) is 0 Å². The molecule has 0 atom stereocenters. The van der Waals surface area contributed by atoms with E-state index in [-0.39, 0.29) is 11.1 Å². The summed E-state index contributed by atoms with van der Waals surface area (Å²) in [5.41, 5.74) is 4.22. The van der Waals surface area contributed by atoms with E-state index in [9.17, 15) is 9.59 Å². The van der Waals surface area contributed by atoms with Gasteiger partial charge < -0.3 is 18.9 Å². The van der Waals surface area contributed by atoms with E-state index in [2.05, 4.69) is 0 Å². The van der Waals surface area contributed by atoms with Crippen molar-refractivity contribution in [3.05, 3.63) is 69.8 Å². The molecular formula is C22H24O6. The third-order valence-electron chi connectivity index (χ3n) is 4.76. The Balaban J connectivity index is 1.95. The molecule has 0 aliphatic carbocycles. The highest BCUT2D eigenvalue weighted by atomic mass is 16.5. The van der Waals surface area contributed by atoms with Crippen molar-refractivity contribution in [1.29, 1.82) is 0 Å². The molecule has 2 aromatic rings. The van der Waals surface area contributed by atoms with Crippen molar-refractivity contribution in [1.82, 2.24) is 0 Å². The molecule has 0 fully saturated rings. The van der Waals surface area contributed by atoms with Gasteiger partial charge in [-0.15, -0.1) is 0 Å². The molecule has 6 heteroatoms. The molecule has 1 aliphatic heterocycles. The molecular weight excluding hydrogens is 360 g/mol. The first kappa shape index (κ1) is 20.0. The van der Waals surface area contributed by atoms with Gasteiger partial charge in [0, 0.05) is 0 Å². The van der Waals surface area contributed by atoms with Crippen LogP contribution in [0.5, 0.6) is 0 Å². The van der Waals surface area contributed by atoms with E-state index in [4.69, 9.17) is 18.9 Å². The number of esters is 2. The number of hydrogen-bond donors (Lipinski definition) is 0. The summed E-state index contributed by atoms with van der Waals surface area (Å²) in [6, 6.07) is 11.6. The number of ether oxygens (including phenoxy) is 4. The Morgan fingerprint density at radius 2 is 1.43 bits per heavy atom. The average Bonchev–Trinajstić information content (AvgIpc) is 2.74. The van der Waals surface area contributed by atoms with E-state index in [1.807, 2.05) is 30.3 Å². The largest absolute Gasteiger partial charge is 0.465 e. The first-order valence-corrected chi connectivity index (χ1v) is 9.18. The standard InChI is InChI=1S/C22H24O6/c1-25-21(23)19-12-15-7-9-27-13-17-5-3-4-6-18(17)14-28-10-8-16(11-15)20(19)22(24)26-2/h3-6,11-12H,7-10,13-14H2,1-2H3. The van der Waals surface area contributed by atoms with Crippen LogP contribution < -0.4 is 0 Å². The van der Waals surface area contributed by atoms with E-state index in [0.29, 0.717) is 44.8 Å². The van der Waals surface area contributed by atoms with Crippen molar-refractivity contribution in [2.24, 2.45) is 0 Å². The summed E-state index contributed by atoms with van der Waals surface area (Å²) in [6.45, 7) is 1.85. The summed E-state index contributed by atoms with van der Waals surface area (Å²) in [4.78, 5) is 24.7. The number of rotatable bonds is 2. The lowest BCUT2D eigenvalue weighted by atomic mass is 9.94. The first-order chi connectivity index (χ1) is 13.6. The summed E-state index contributed by atoms with van der Waals surface area (Å²) in [7, 11) is 2.59. The van der Waals surface area contributed by atoms with Crippen LogP contribution in [0.4, 0.5) is 0 Å². The van der Waals surface area contributed by atoms with Gasteiger partial charge in [-0.3, -0.25) is 0 Å². The summed E-state index contributed by atoms with van der Waals surface area (Å²) in [5.74, 6) is -1.13. The fourth-order valence-corrected chi connectivity index (χ4v) is 3.30. The van der Waals surface area contributed by atoms with Crippen LogP contribution in [0.2, 0.25) is 0 Å². The van der Waals surface area contributed by atoms with Gasteiger partial charge in [0.05, 0.1) is 51.8 Å². The Morgan fingerprint density at radius 1 is 0.821 bits per heavy atom. The fraction of sp³-hybridized carbons (Fsp3) is 0.364. The molecule has 148 valence electrons. The molecule has 0 saturated heterocycles. The van der Waals surface area contributed by atoms with Crippen molar-refractivity contribution >= 4 is 11.9 Å². The molecule has 0 saturated carbocycles. The first-order valence-electron chi connectivity index (χ1n) is 9.18. The Hall–Kier alpha value is -2.70. The lowest BCUT2D eigenvalue weighted by molar-refractivity contribution is 0.0553. The van der Waals surface area contributed by atoms with E-state index in [0.717, 1.165) is 16.7 Å². The molecule has 3 rings (SSSR count). The maximum absolute atomic E-state index is 12.4. The maximum Gasteiger partial charge on any atom is 0.339 e. The maximum atomic E-state index is 12.4. The smallest absolute Gasteiger partial charge is 0.339 e. The predicted molar refractivity (Wildman–Crippen MR) is 102 cm³/mol. The Morgan fingerprint density at radius 3 is 2.04 bits per heavy atom. The van der Waals surface area contributed by atoms with Crippen molar-refractivity contribution in [2.75, 3.05) is 27.4 Å². The third kappa shape index (κ3) is 4.58. The van der Waals surface area contributed by atoms with Crippen LogP contribution in [0.15, 0.2) is 36.4 Å². The van der Waals surface area contributed by atoms with Crippen molar-refractivity contribution in [3.8, 4) is 0 Å². The molecule has 0 aromatic heterocycles. The summed E-state index contributed by atoms with van der Waals surface area (Å²) < 4.78 is 21.5. The zero-order valence-electron chi connectivity index (χ0n) is 16.2. The highest BCUT2D eigenvalue weighted by Gasteiger charge is 2.23. The quantitative estimate of drug-likeness (QED) is 0.741. The highest BCUT2D eigenvalue weighted by Crippen LogP contribution is 2.23. The van der Waals surface area contributed by atoms with E-state index >= 15 is 0 Å². The van der Waals surface area contributed by atoms with E-state index in [1.54, 1.807) is 6.07 Å². The molecule has 0 spiro atoms. The van der Waals surface area contributed by atoms with Crippen LogP contribution in [0.25, 0.3) is 0 Å². The van der Waals surface area contributed by atoms with Crippen molar-refractivity contribution < 1.29 is 28.5 Å². The van der Waals surface area contributed by atoms with Gasteiger partial charge in [-0.25, -0.2) is 9.59 Å². The Kier molecular flexibility index (Phi) is 6.79. The highest BCUT2D eigenvalue weighted by molar-refractivity contribution is 6.04. The van der Waals surface area contributed by atoms with E-state index < -0.39 is 11.9 Å².